The van der Waals surface area contributed by atoms with Crippen molar-refractivity contribution in [3.8, 4) is 0 Å². The quantitative estimate of drug-likeness (QED) is 0.811. The van der Waals surface area contributed by atoms with E-state index in [1.807, 2.05) is 31.2 Å². The van der Waals surface area contributed by atoms with Crippen molar-refractivity contribution in [2.24, 2.45) is 5.92 Å². The molecule has 0 unspecified atom stereocenters. The van der Waals surface area contributed by atoms with Crippen LogP contribution in [0.15, 0.2) is 28.7 Å². The number of piperidine rings is 1. The number of anilines is 1. The third kappa shape index (κ3) is 5.10. The Morgan fingerprint density at radius 2 is 2.09 bits per heavy atom. The van der Waals surface area contributed by atoms with Gasteiger partial charge in [-0.25, -0.2) is 0 Å². The first kappa shape index (κ1) is 17.0. The normalized spacial score (nSPS) is 16.3. The van der Waals surface area contributed by atoms with Crippen LogP contribution in [0.4, 0.5) is 5.69 Å². The van der Waals surface area contributed by atoms with Crippen LogP contribution in [-0.4, -0.2) is 43.0 Å². The van der Waals surface area contributed by atoms with Gasteiger partial charge in [-0.1, -0.05) is 22.0 Å². The Hall–Kier alpha value is -1.40. The third-order valence-corrected chi connectivity index (χ3v) is 4.18. The smallest absolute Gasteiger partial charge is 0.309 e. The Morgan fingerprint density at radius 3 is 2.73 bits per heavy atom. The average molecular weight is 369 g/mol. The van der Waals surface area contributed by atoms with Gasteiger partial charge < -0.3 is 10.1 Å². The van der Waals surface area contributed by atoms with E-state index < -0.39 is 0 Å². The number of halogens is 1. The lowest BCUT2D eigenvalue weighted by Gasteiger charge is -2.30. The van der Waals surface area contributed by atoms with E-state index in [-0.39, 0.29) is 17.8 Å². The van der Waals surface area contributed by atoms with Gasteiger partial charge in [0, 0.05) is 10.2 Å². The predicted octanol–water partition coefficient (Wildman–Crippen LogP) is 2.66. The SMILES string of the molecule is CCOC(=O)C1CCN(CC(=O)Nc2cccc(Br)c2)CC1. The van der Waals surface area contributed by atoms with Crippen molar-refractivity contribution in [2.75, 3.05) is 31.6 Å². The lowest BCUT2D eigenvalue weighted by Crippen LogP contribution is -2.41. The molecule has 0 saturated carbocycles. The summed E-state index contributed by atoms with van der Waals surface area (Å²) in [6.45, 7) is 4.08. The fraction of sp³-hybridized carbons (Fsp3) is 0.500. The zero-order chi connectivity index (χ0) is 15.9. The van der Waals surface area contributed by atoms with E-state index in [0.29, 0.717) is 13.2 Å². The lowest BCUT2D eigenvalue weighted by molar-refractivity contribution is -0.149. The zero-order valence-corrected chi connectivity index (χ0v) is 14.3. The van der Waals surface area contributed by atoms with E-state index in [4.69, 9.17) is 4.74 Å². The molecular weight excluding hydrogens is 348 g/mol. The van der Waals surface area contributed by atoms with Gasteiger partial charge in [-0.2, -0.15) is 0 Å². The molecule has 1 heterocycles. The molecular formula is C16H21BrN2O3. The summed E-state index contributed by atoms with van der Waals surface area (Å²) in [6.07, 6.45) is 1.51. The summed E-state index contributed by atoms with van der Waals surface area (Å²) in [5, 5.41) is 2.88. The van der Waals surface area contributed by atoms with E-state index in [1.165, 1.54) is 0 Å². The summed E-state index contributed by atoms with van der Waals surface area (Å²) in [6, 6.07) is 7.51. The molecule has 0 aromatic heterocycles. The maximum Gasteiger partial charge on any atom is 0.309 e. The van der Waals surface area contributed by atoms with Crippen molar-refractivity contribution in [3.63, 3.8) is 0 Å². The maximum atomic E-state index is 12.1. The van der Waals surface area contributed by atoms with Crippen molar-refractivity contribution >= 4 is 33.5 Å². The van der Waals surface area contributed by atoms with Gasteiger partial charge in [0.1, 0.15) is 0 Å². The van der Waals surface area contributed by atoms with Crippen LogP contribution < -0.4 is 5.32 Å². The van der Waals surface area contributed by atoms with Crippen LogP contribution in [0.2, 0.25) is 0 Å². The molecule has 1 N–H and O–H groups in total. The molecule has 0 atom stereocenters. The predicted molar refractivity (Wildman–Crippen MR) is 88.6 cm³/mol. The molecule has 1 saturated heterocycles. The molecule has 2 rings (SSSR count). The fourth-order valence-electron chi connectivity index (χ4n) is 2.56. The van der Waals surface area contributed by atoms with Gasteiger partial charge in [0.2, 0.25) is 5.91 Å². The first-order chi connectivity index (χ1) is 10.6. The number of amides is 1. The summed E-state index contributed by atoms with van der Waals surface area (Å²) in [4.78, 5) is 25.8. The Bertz CT molecular complexity index is 528. The van der Waals surface area contributed by atoms with Crippen LogP contribution in [0, 0.1) is 5.92 Å². The number of hydrogen-bond acceptors (Lipinski definition) is 4. The van der Waals surface area contributed by atoms with Crippen molar-refractivity contribution in [2.45, 2.75) is 19.8 Å². The molecule has 1 amide bonds. The second-order valence-electron chi connectivity index (χ2n) is 5.36. The second-order valence-corrected chi connectivity index (χ2v) is 6.28. The van der Waals surface area contributed by atoms with Crippen molar-refractivity contribution in [1.82, 2.24) is 4.90 Å². The molecule has 22 heavy (non-hydrogen) atoms. The number of ether oxygens (including phenoxy) is 1. The van der Waals surface area contributed by atoms with E-state index in [2.05, 4.69) is 26.1 Å². The number of carbonyl (C=O) groups excluding carboxylic acids is 2. The number of hydrogen-bond donors (Lipinski definition) is 1. The van der Waals surface area contributed by atoms with E-state index in [9.17, 15) is 9.59 Å². The minimum atomic E-state index is -0.110. The molecule has 5 nitrogen and oxygen atoms in total. The van der Waals surface area contributed by atoms with Crippen molar-refractivity contribution in [1.29, 1.82) is 0 Å². The largest absolute Gasteiger partial charge is 0.466 e. The van der Waals surface area contributed by atoms with Crippen molar-refractivity contribution in [3.05, 3.63) is 28.7 Å². The van der Waals surface area contributed by atoms with Gasteiger partial charge in [0.15, 0.2) is 0 Å². The number of likely N-dealkylation sites (tertiary alicyclic amines) is 1. The molecule has 1 fully saturated rings. The van der Waals surface area contributed by atoms with Gasteiger partial charge in [-0.3, -0.25) is 14.5 Å². The molecule has 1 aromatic carbocycles. The number of esters is 1. The van der Waals surface area contributed by atoms with Crippen LogP contribution >= 0.6 is 15.9 Å². The third-order valence-electron chi connectivity index (χ3n) is 3.68. The van der Waals surface area contributed by atoms with E-state index in [0.717, 1.165) is 36.1 Å². The van der Waals surface area contributed by atoms with Gasteiger partial charge in [-0.05, 0) is 51.1 Å². The summed E-state index contributed by atoms with van der Waals surface area (Å²) in [5.41, 5.74) is 0.779. The summed E-state index contributed by atoms with van der Waals surface area (Å²) in [7, 11) is 0. The van der Waals surface area contributed by atoms with Crippen LogP contribution in [-0.2, 0) is 14.3 Å². The van der Waals surface area contributed by atoms with Crippen LogP contribution in [0.1, 0.15) is 19.8 Å². The Balaban J connectivity index is 1.76. The summed E-state index contributed by atoms with van der Waals surface area (Å²) >= 11 is 3.38. The molecule has 0 aliphatic carbocycles. The van der Waals surface area contributed by atoms with Crippen LogP contribution in [0.25, 0.3) is 0 Å². The minimum absolute atomic E-state index is 0.0238. The Kier molecular flexibility index (Phi) is 6.39. The van der Waals surface area contributed by atoms with Gasteiger partial charge >= 0.3 is 5.97 Å². The lowest BCUT2D eigenvalue weighted by atomic mass is 9.97. The Morgan fingerprint density at radius 1 is 1.36 bits per heavy atom. The first-order valence-corrected chi connectivity index (χ1v) is 8.32. The van der Waals surface area contributed by atoms with Crippen molar-refractivity contribution < 1.29 is 14.3 Å². The highest BCUT2D eigenvalue weighted by molar-refractivity contribution is 9.10. The van der Waals surface area contributed by atoms with Gasteiger partial charge in [-0.15, -0.1) is 0 Å². The maximum absolute atomic E-state index is 12.1. The standard InChI is InChI=1S/C16H21BrN2O3/c1-2-22-16(21)12-6-8-19(9-7-12)11-15(20)18-14-5-3-4-13(17)10-14/h3-5,10,12H,2,6-9,11H2,1H3,(H,18,20). The highest BCUT2D eigenvalue weighted by Gasteiger charge is 2.26. The highest BCUT2D eigenvalue weighted by atomic mass is 79.9. The molecule has 1 aromatic rings. The first-order valence-electron chi connectivity index (χ1n) is 7.53. The monoisotopic (exact) mass is 368 g/mol. The molecule has 0 bridgehead atoms. The van der Waals surface area contributed by atoms with Gasteiger partial charge in [0.25, 0.3) is 0 Å². The number of rotatable bonds is 5. The summed E-state index contributed by atoms with van der Waals surface area (Å²) < 4.78 is 5.98. The average Bonchev–Trinajstić information content (AvgIpc) is 2.48. The number of nitrogens with zero attached hydrogens (tertiary/aromatic N) is 1. The molecule has 120 valence electrons. The number of benzene rings is 1. The number of nitrogens with one attached hydrogen (secondary N) is 1. The highest BCUT2D eigenvalue weighted by Crippen LogP contribution is 2.19. The van der Waals surface area contributed by atoms with Crippen LogP contribution in [0.3, 0.4) is 0 Å². The van der Waals surface area contributed by atoms with E-state index >= 15 is 0 Å². The molecule has 6 heteroatoms. The minimum Gasteiger partial charge on any atom is -0.466 e. The van der Waals surface area contributed by atoms with Gasteiger partial charge in [0.05, 0.1) is 19.1 Å². The topological polar surface area (TPSA) is 58.6 Å². The van der Waals surface area contributed by atoms with Crippen LogP contribution in [0.5, 0.6) is 0 Å². The molecule has 1 aliphatic heterocycles. The zero-order valence-electron chi connectivity index (χ0n) is 12.7. The van der Waals surface area contributed by atoms with E-state index in [1.54, 1.807) is 0 Å². The molecule has 1 aliphatic rings. The second kappa shape index (κ2) is 8.29. The molecule has 0 radical (unpaired) electrons. The summed E-state index contributed by atoms with van der Waals surface area (Å²) in [5.74, 6) is -0.169. The fourth-order valence-corrected chi connectivity index (χ4v) is 2.96. The molecule has 0 spiro atoms. The number of carbonyl (C=O) groups is 2. The Labute approximate surface area is 139 Å².